The molecule has 0 aliphatic carbocycles. The number of imidazole rings is 1. The second-order valence-electron chi connectivity index (χ2n) is 5.74. The summed E-state index contributed by atoms with van der Waals surface area (Å²) in [6.07, 6.45) is 3.26. The molecule has 0 bridgehead atoms. The van der Waals surface area contributed by atoms with Gasteiger partial charge in [0.2, 0.25) is 0 Å². The van der Waals surface area contributed by atoms with Gasteiger partial charge in [0.1, 0.15) is 11.3 Å². The lowest BCUT2D eigenvalue weighted by molar-refractivity contribution is 0.0682. The molecular weight excluding hydrogens is 342 g/mol. The van der Waals surface area contributed by atoms with E-state index < -0.39 is 5.82 Å². The zero-order valence-electron chi connectivity index (χ0n) is 12.8. The van der Waals surface area contributed by atoms with E-state index in [0.29, 0.717) is 35.6 Å². The van der Waals surface area contributed by atoms with Gasteiger partial charge in [-0.05, 0) is 37.8 Å². The number of benzene rings is 1. The Kier molecular flexibility index (Phi) is 6.80. The van der Waals surface area contributed by atoms with Gasteiger partial charge >= 0.3 is 0 Å². The molecule has 1 aromatic heterocycles. The number of H-pyrrole nitrogens is 1. The van der Waals surface area contributed by atoms with Gasteiger partial charge in [-0.25, -0.2) is 9.37 Å². The Labute approximate surface area is 146 Å². The molecule has 23 heavy (non-hydrogen) atoms. The molecular formula is C15H21Cl2FN4O. The van der Waals surface area contributed by atoms with Gasteiger partial charge in [0.25, 0.3) is 5.91 Å². The number of amides is 1. The number of nitrogens with zero attached hydrogens (tertiary/aromatic N) is 2. The summed E-state index contributed by atoms with van der Waals surface area (Å²) in [6.45, 7) is 3.32. The highest BCUT2D eigenvalue weighted by atomic mass is 35.5. The molecule has 1 saturated heterocycles. The number of piperidine rings is 1. The molecule has 1 unspecified atom stereocenters. The van der Waals surface area contributed by atoms with E-state index in [1.54, 1.807) is 4.90 Å². The summed E-state index contributed by atoms with van der Waals surface area (Å²) in [4.78, 5) is 21.4. The zero-order chi connectivity index (χ0) is 15.0. The SMILES string of the molecule is CC(N)C1CCN(C(=O)c2cc(F)cc3[nH]cnc23)CC1.Cl.Cl. The van der Waals surface area contributed by atoms with E-state index >= 15 is 0 Å². The summed E-state index contributed by atoms with van der Waals surface area (Å²) < 4.78 is 13.6. The number of aromatic nitrogens is 2. The van der Waals surface area contributed by atoms with E-state index in [-0.39, 0.29) is 36.8 Å². The van der Waals surface area contributed by atoms with Gasteiger partial charge in [0, 0.05) is 19.1 Å². The fourth-order valence-electron chi connectivity index (χ4n) is 2.98. The first-order chi connectivity index (χ1) is 10.1. The van der Waals surface area contributed by atoms with Crippen LogP contribution < -0.4 is 5.73 Å². The topological polar surface area (TPSA) is 75.0 Å². The Morgan fingerprint density at radius 3 is 2.65 bits per heavy atom. The molecule has 8 heteroatoms. The van der Waals surface area contributed by atoms with Gasteiger partial charge in [-0.3, -0.25) is 4.79 Å². The zero-order valence-corrected chi connectivity index (χ0v) is 14.4. The molecule has 1 fully saturated rings. The van der Waals surface area contributed by atoms with Crippen LogP contribution in [0.3, 0.4) is 0 Å². The maximum atomic E-state index is 13.6. The van der Waals surface area contributed by atoms with Crippen LogP contribution in [-0.2, 0) is 0 Å². The maximum Gasteiger partial charge on any atom is 0.256 e. The summed E-state index contributed by atoms with van der Waals surface area (Å²) in [5.74, 6) is -0.137. The molecule has 1 atom stereocenters. The molecule has 5 nitrogen and oxygen atoms in total. The van der Waals surface area contributed by atoms with Gasteiger partial charge < -0.3 is 15.6 Å². The molecule has 3 N–H and O–H groups in total. The van der Waals surface area contributed by atoms with Gasteiger partial charge in [-0.1, -0.05) is 0 Å². The number of hydrogen-bond acceptors (Lipinski definition) is 3. The number of nitrogens with one attached hydrogen (secondary N) is 1. The molecule has 1 aromatic carbocycles. The van der Waals surface area contributed by atoms with E-state index in [1.807, 2.05) is 6.92 Å². The van der Waals surface area contributed by atoms with Crippen LogP contribution in [0.5, 0.6) is 0 Å². The molecule has 1 aliphatic heterocycles. The molecule has 0 saturated carbocycles. The highest BCUT2D eigenvalue weighted by Gasteiger charge is 2.27. The van der Waals surface area contributed by atoms with E-state index in [0.717, 1.165) is 12.8 Å². The number of carbonyl (C=O) groups excluding carboxylic acids is 1. The third-order valence-corrected chi connectivity index (χ3v) is 4.29. The average Bonchev–Trinajstić information content (AvgIpc) is 2.93. The lowest BCUT2D eigenvalue weighted by Crippen LogP contribution is -2.42. The van der Waals surface area contributed by atoms with Crippen molar-refractivity contribution >= 4 is 41.8 Å². The molecule has 3 rings (SSSR count). The standard InChI is InChI=1S/C15H19FN4O.2ClH/c1-9(17)10-2-4-20(5-3-10)15(21)12-6-11(16)7-13-14(12)19-8-18-13;;/h6-10H,2-5,17H2,1H3,(H,18,19);2*1H. The lowest BCUT2D eigenvalue weighted by atomic mass is 9.90. The Hall–Kier alpha value is -1.37. The summed E-state index contributed by atoms with van der Waals surface area (Å²) in [6, 6.07) is 2.76. The van der Waals surface area contributed by atoms with Crippen LogP contribution >= 0.6 is 24.8 Å². The number of likely N-dealkylation sites (tertiary alicyclic amines) is 1. The minimum Gasteiger partial charge on any atom is -0.344 e. The number of aromatic amines is 1. The van der Waals surface area contributed by atoms with Gasteiger partial charge in [0.15, 0.2) is 0 Å². The third-order valence-electron chi connectivity index (χ3n) is 4.29. The summed E-state index contributed by atoms with van der Waals surface area (Å²) in [7, 11) is 0. The molecule has 128 valence electrons. The van der Waals surface area contributed by atoms with Crippen LogP contribution in [-0.4, -0.2) is 39.9 Å². The number of nitrogens with two attached hydrogens (primary N) is 1. The van der Waals surface area contributed by atoms with Crippen LogP contribution in [0, 0.1) is 11.7 Å². The summed E-state index contributed by atoms with van der Waals surface area (Å²) in [5.41, 5.74) is 7.31. The first kappa shape index (κ1) is 19.7. The van der Waals surface area contributed by atoms with Crippen molar-refractivity contribution in [1.82, 2.24) is 14.9 Å². The van der Waals surface area contributed by atoms with Crippen molar-refractivity contribution in [2.45, 2.75) is 25.8 Å². The Morgan fingerprint density at radius 2 is 2.04 bits per heavy atom. The molecule has 2 heterocycles. The number of halogens is 3. The van der Waals surface area contributed by atoms with Crippen LogP contribution in [0.25, 0.3) is 11.0 Å². The minimum absolute atomic E-state index is 0. The van der Waals surface area contributed by atoms with Crippen LogP contribution in [0.4, 0.5) is 4.39 Å². The summed E-state index contributed by atoms with van der Waals surface area (Å²) in [5, 5.41) is 0. The van der Waals surface area contributed by atoms with Gasteiger partial charge in [0.05, 0.1) is 17.4 Å². The second-order valence-corrected chi connectivity index (χ2v) is 5.74. The summed E-state index contributed by atoms with van der Waals surface area (Å²) >= 11 is 0. The third kappa shape index (κ3) is 3.94. The monoisotopic (exact) mass is 362 g/mol. The van der Waals surface area contributed by atoms with E-state index in [9.17, 15) is 9.18 Å². The van der Waals surface area contributed by atoms with Gasteiger partial charge in [-0.15, -0.1) is 24.8 Å². The van der Waals surface area contributed by atoms with Gasteiger partial charge in [-0.2, -0.15) is 0 Å². The molecule has 0 spiro atoms. The number of rotatable bonds is 2. The maximum absolute atomic E-state index is 13.6. The fourth-order valence-corrected chi connectivity index (χ4v) is 2.98. The Balaban J connectivity index is 0.00000132. The second kappa shape index (κ2) is 7.95. The van der Waals surface area contributed by atoms with Crippen molar-refractivity contribution in [3.8, 4) is 0 Å². The number of fused-ring (bicyclic) bond motifs is 1. The predicted octanol–water partition coefficient (Wildman–Crippen LogP) is 2.75. The van der Waals surface area contributed by atoms with Crippen molar-refractivity contribution in [3.05, 3.63) is 29.8 Å². The molecule has 2 aromatic rings. The fraction of sp³-hybridized carbons (Fsp3) is 0.467. The van der Waals surface area contributed by atoms with Crippen LogP contribution in [0.15, 0.2) is 18.5 Å². The normalized spacial score (nSPS) is 16.6. The highest BCUT2D eigenvalue weighted by molar-refractivity contribution is 6.04. The number of hydrogen-bond donors (Lipinski definition) is 2. The lowest BCUT2D eigenvalue weighted by Gasteiger charge is -2.33. The van der Waals surface area contributed by atoms with Crippen molar-refractivity contribution in [2.24, 2.45) is 11.7 Å². The molecule has 1 amide bonds. The number of carbonyl (C=O) groups is 1. The smallest absolute Gasteiger partial charge is 0.256 e. The Morgan fingerprint density at radius 1 is 1.39 bits per heavy atom. The first-order valence-electron chi connectivity index (χ1n) is 7.23. The molecule has 0 radical (unpaired) electrons. The predicted molar refractivity (Wildman–Crippen MR) is 92.8 cm³/mol. The highest BCUT2D eigenvalue weighted by Crippen LogP contribution is 2.24. The van der Waals surface area contributed by atoms with Crippen molar-refractivity contribution < 1.29 is 9.18 Å². The van der Waals surface area contributed by atoms with Crippen molar-refractivity contribution in [2.75, 3.05) is 13.1 Å². The molecule has 1 aliphatic rings. The van der Waals surface area contributed by atoms with Crippen LogP contribution in [0.2, 0.25) is 0 Å². The Bertz CT molecular complexity index is 669. The largest absolute Gasteiger partial charge is 0.344 e. The van der Waals surface area contributed by atoms with E-state index in [4.69, 9.17) is 5.73 Å². The van der Waals surface area contributed by atoms with Crippen molar-refractivity contribution in [3.63, 3.8) is 0 Å². The minimum atomic E-state index is -0.430. The average molecular weight is 363 g/mol. The quantitative estimate of drug-likeness (QED) is 0.862. The van der Waals surface area contributed by atoms with Crippen LogP contribution in [0.1, 0.15) is 30.1 Å². The van der Waals surface area contributed by atoms with Crippen molar-refractivity contribution in [1.29, 1.82) is 0 Å². The van der Waals surface area contributed by atoms with E-state index in [1.165, 1.54) is 18.5 Å². The first-order valence-corrected chi connectivity index (χ1v) is 7.23. The van der Waals surface area contributed by atoms with E-state index in [2.05, 4.69) is 9.97 Å².